The van der Waals surface area contributed by atoms with Crippen LogP contribution in [0.15, 0.2) is 49.2 Å². The van der Waals surface area contributed by atoms with Crippen molar-refractivity contribution in [3.8, 4) is 11.3 Å². The first-order valence-electron chi connectivity index (χ1n) is 8.62. The van der Waals surface area contributed by atoms with E-state index < -0.39 is 0 Å². The molecule has 0 radical (unpaired) electrons. The maximum atomic E-state index is 4.88. The van der Waals surface area contributed by atoms with Gasteiger partial charge in [-0.15, -0.1) is 0 Å². The summed E-state index contributed by atoms with van der Waals surface area (Å²) in [6.07, 6.45) is 11.9. The van der Waals surface area contributed by atoms with Gasteiger partial charge in [0, 0.05) is 42.9 Å². The summed E-state index contributed by atoms with van der Waals surface area (Å²) in [5.74, 6) is 0.825. The van der Waals surface area contributed by atoms with E-state index in [9.17, 15) is 0 Å². The normalized spacial score (nSPS) is 18.0. The molecule has 0 aliphatic carbocycles. The van der Waals surface area contributed by atoms with E-state index in [2.05, 4.69) is 26.8 Å². The molecule has 126 valence electrons. The van der Waals surface area contributed by atoms with E-state index in [1.54, 1.807) is 6.20 Å². The molecule has 0 bridgehead atoms. The fourth-order valence-electron chi connectivity index (χ4n) is 3.46. The second-order valence-corrected chi connectivity index (χ2v) is 6.41. The van der Waals surface area contributed by atoms with Gasteiger partial charge in [0.25, 0.3) is 0 Å². The highest BCUT2D eigenvalue weighted by atomic mass is 15.2. The van der Waals surface area contributed by atoms with Crippen molar-refractivity contribution in [2.45, 2.75) is 18.9 Å². The first-order chi connectivity index (χ1) is 12.4. The van der Waals surface area contributed by atoms with Crippen LogP contribution in [0.4, 0.5) is 5.82 Å². The van der Waals surface area contributed by atoms with Crippen LogP contribution in [0.1, 0.15) is 12.8 Å². The highest BCUT2D eigenvalue weighted by Crippen LogP contribution is 2.26. The Kier molecular flexibility index (Phi) is 3.38. The molecule has 1 aliphatic rings. The molecule has 7 nitrogen and oxygen atoms in total. The molecule has 0 spiro atoms. The van der Waals surface area contributed by atoms with Crippen molar-refractivity contribution in [2.24, 2.45) is 0 Å². The number of hydrogen-bond acceptors (Lipinski definition) is 5. The minimum Gasteiger partial charge on any atom is -0.363 e. The Morgan fingerprint density at radius 2 is 2.24 bits per heavy atom. The van der Waals surface area contributed by atoms with Crippen molar-refractivity contribution in [3.63, 3.8) is 0 Å². The molecule has 1 saturated heterocycles. The number of anilines is 1. The van der Waals surface area contributed by atoms with Crippen molar-refractivity contribution in [1.29, 1.82) is 0 Å². The van der Waals surface area contributed by atoms with Crippen LogP contribution in [0.2, 0.25) is 0 Å². The topological polar surface area (TPSA) is 71.6 Å². The van der Waals surface area contributed by atoms with Crippen molar-refractivity contribution in [3.05, 3.63) is 49.2 Å². The third-order valence-corrected chi connectivity index (χ3v) is 4.71. The molecule has 0 aromatic carbocycles. The first kappa shape index (κ1) is 14.4. The minimum atomic E-state index is 0.376. The van der Waals surface area contributed by atoms with E-state index in [1.807, 2.05) is 45.8 Å². The number of fused-ring (bicyclic) bond motifs is 2. The van der Waals surface area contributed by atoms with Gasteiger partial charge in [0.05, 0.1) is 17.4 Å². The molecule has 4 aromatic rings. The van der Waals surface area contributed by atoms with Crippen molar-refractivity contribution >= 4 is 17.0 Å². The molecule has 25 heavy (non-hydrogen) atoms. The van der Waals surface area contributed by atoms with E-state index in [4.69, 9.17) is 4.98 Å². The molecule has 0 saturated carbocycles. The van der Waals surface area contributed by atoms with E-state index in [1.165, 1.54) is 6.42 Å². The largest absolute Gasteiger partial charge is 0.363 e. The van der Waals surface area contributed by atoms with Crippen LogP contribution in [-0.2, 0) is 0 Å². The van der Waals surface area contributed by atoms with E-state index >= 15 is 0 Å². The standard InChI is InChI=1S/C18H19N7/c1-2-8-25-16(5-1)14(11-21-25)15-12-24-9-7-20-18(24)17(23-15)22-13-4-3-6-19-10-13/h1-2,5,7-9,11-13,19H,3-4,6,10H2,(H,22,23). The van der Waals surface area contributed by atoms with Gasteiger partial charge in [-0.05, 0) is 31.5 Å². The molecule has 0 amide bonds. The monoisotopic (exact) mass is 333 g/mol. The number of nitrogens with zero attached hydrogens (tertiary/aromatic N) is 5. The maximum absolute atomic E-state index is 4.88. The lowest BCUT2D eigenvalue weighted by atomic mass is 10.1. The summed E-state index contributed by atoms with van der Waals surface area (Å²) < 4.78 is 3.89. The lowest BCUT2D eigenvalue weighted by molar-refractivity contribution is 0.479. The molecular formula is C18H19N7. The van der Waals surface area contributed by atoms with Crippen molar-refractivity contribution < 1.29 is 0 Å². The lowest BCUT2D eigenvalue weighted by Gasteiger charge is -2.24. The summed E-state index contributed by atoms with van der Waals surface area (Å²) in [4.78, 5) is 9.35. The Labute approximate surface area is 144 Å². The van der Waals surface area contributed by atoms with Gasteiger partial charge in [0.1, 0.15) is 0 Å². The van der Waals surface area contributed by atoms with Crippen LogP contribution in [0, 0.1) is 0 Å². The number of aromatic nitrogens is 5. The molecule has 5 rings (SSSR count). The molecule has 1 fully saturated rings. The summed E-state index contributed by atoms with van der Waals surface area (Å²) >= 11 is 0. The van der Waals surface area contributed by atoms with E-state index in [0.717, 1.165) is 47.7 Å². The third kappa shape index (κ3) is 2.53. The highest BCUT2D eigenvalue weighted by molar-refractivity contribution is 5.79. The Morgan fingerprint density at radius 3 is 3.16 bits per heavy atom. The average molecular weight is 333 g/mol. The Bertz CT molecular complexity index is 1030. The molecule has 1 aliphatic heterocycles. The molecule has 7 heteroatoms. The van der Waals surface area contributed by atoms with Gasteiger partial charge in [-0.3, -0.25) is 0 Å². The number of pyridine rings is 1. The van der Waals surface area contributed by atoms with Gasteiger partial charge in [-0.1, -0.05) is 6.07 Å². The van der Waals surface area contributed by atoms with Crippen LogP contribution < -0.4 is 10.6 Å². The molecule has 1 unspecified atom stereocenters. The minimum absolute atomic E-state index is 0.376. The smallest absolute Gasteiger partial charge is 0.180 e. The van der Waals surface area contributed by atoms with E-state index in [0.29, 0.717) is 6.04 Å². The van der Waals surface area contributed by atoms with Crippen molar-refractivity contribution in [2.75, 3.05) is 18.4 Å². The van der Waals surface area contributed by atoms with Crippen LogP contribution in [0.3, 0.4) is 0 Å². The van der Waals surface area contributed by atoms with Gasteiger partial charge >= 0.3 is 0 Å². The van der Waals surface area contributed by atoms with Gasteiger partial charge in [0.2, 0.25) is 0 Å². The van der Waals surface area contributed by atoms with Gasteiger partial charge in [-0.25, -0.2) is 14.5 Å². The molecular weight excluding hydrogens is 314 g/mol. The lowest BCUT2D eigenvalue weighted by Crippen LogP contribution is -2.38. The van der Waals surface area contributed by atoms with Crippen LogP contribution in [-0.4, -0.2) is 43.1 Å². The maximum Gasteiger partial charge on any atom is 0.180 e. The Hall–Kier alpha value is -2.93. The zero-order valence-corrected chi connectivity index (χ0v) is 13.8. The number of hydrogen-bond donors (Lipinski definition) is 2. The average Bonchev–Trinajstić information content (AvgIpc) is 3.29. The summed E-state index contributed by atoms with van der Waals surface area (Å²) in [7, 11) is 0. The predicted molar refractivity (Wildman–Crippen MR) is 96.7 cm³/mol. The fourth-order valence-corrected chi connectivity index (χ4v) is 3.46. The first-order valence-corrected chi connectivity index (χ1v) is 8.62. The zero-order chi connectivity index (χ0) is 16.6. The number of piperidine rings is 1. The summed E-state index contributed by atoms with van der Waals surface area (Å²) in [5.41, 5.74) is 3.80. The van der Waals surface area contributed by atoms with Gasteiger partial charge in [-0.2, -0.15) is 5.10 Å². The predicted octanol–water partition coefficient (Wildman–Crippen LogP) is 2.21. The number of imidazole rings is 1. The van der Waals surface area contributed by atoms with Crippen molar-refractivity contribution in [1.82, 2.24) is 29.3 Å². The number of rotatable bonds is 3. The second kappa shape index (κ2) is 5.86. The Morgan fingerprint density at radius 1 is 1.24 bits per heavy atom. The molecule has 1 atom stereocenters. The van der Waals surface area contributed by atoms with Crippen LogP contribution in [0.5, 0.6) is 0 Å². The summed E-state index contributed by atoms with van der Waals surface area (Å²) in [5, 5.41) is 11.4. The van der Waals surface area contributed by atoms with Gasteiger partial charge in [0.15, 0.2) is 11.5 Å². The summed E-state index contributed by atoms with van der Waals surface area (Å²) in [6.45, 7) is 2.04. The summed E-state index contributed by atoms with van der Waals surface area (Å²) in [6, 6.07) is 6.42. The SMILES string of the molecule is c1ccn2ncc(-c3cn4ccnc4c(NC4CCCNC4)n3)c2c1. The number of nitrogens with one attached hydrogen (secondary N) is 2. The zero-order valence-electron chi connectivity index (χ0n) is 13.8. The quantitative estimate of drug-likeness (QED) is 0.601. The van der Waals surface area contributed by atoms with E-state index in [-0.39, 0.29) is 0 Å². The molecule has 5 heterocycles. The van der Waals surface area contributed by atoms with Crippen LogP contribution in [0.25, 0.3) is 22.4 Å². The molecule has 4 aromatic heterocycles. The third-order valence-electron chi connectivity index (χ3n) is 4.71. The molecule has 2 N–H and O–H groups in total. The van der Waals surface area contributed by atoms with Gasteiger partial charge < -0.3 is 15.0 Å². The van der Waals surface area contributed by atoms with Crippen LogP contribution >= 0.6 is 0 Å². The fraction of sp³-hybridized carbons (Fsp3) is 0.278. The second-order valence-electron chi connectivity index (χ2n) is 6.41. The highest BCUT2D eigenvalue weighted by Gasteiger charge is 2.17. The Balaban J connectivity index is 1.61.